The van der Waals surface area contributed by atoms with Crippen molar-refractivity contribution in [2.24, 2.45) is 0 Å². The monoisotopic (exact) mass is 201 g/mol. The van der Waals surface area contributed by atoms with E-state index in [-0.39, 0.29) is 5.60 Å². The molecular formula is C11H23NO2. The molecule has 1 rings (SSSR count). The maximum Gasteiger partial charge on any atom is 0.0779 e. The third-order valence-electron chi connectivity index (χ3n) is 3.07. The second kappa shape index (κ2) is 4.60. The number of ether oxygens (including phenoxy) is 1. The number of aliphatic hydroxyl groups is 1. The van der Waals surface area contributed by atoms with Crippen molar-refractivity contribution in [1.82, 2.24) is 5.32 Å². The van der Waals surface area contributed by atoms with Crippen molar-refractivity contribution in [3.05, 3.63) is 0 Å². The van der Waals surface area contributed by atoms with Gasteiger partial charge in [0.25, 0.3) is 0 Å². The van der Waals surface area contributed by atoms with Crippen LogP contribution in [0, 0.1) is 0 Å². The zero-order chi connectivity index (χ0) is 10.7. The summed E-state index contributed by atoms with van der Waals surface area (Å²) < 4.78 is 5.64. The molecule has 0 aromatic carbocycles. The van der Waals surface area contributed by atoms with Crippen LogP contribution in [-0.2, 0) is 4.74 Å². The molecule has 2 N–H and O–H groups in total. The van der Waals surface area contributed by atoms with E-state index in [1.54, 1.807) is 0 Å². The molecule has 0 aromatic rings. The van der Waals surface area contributed by atoms with E-state index in [1.165, 1.54) is 0 Å². The quantitative estimate of drug-likeness (QED) is 0.704. The van der Waals surface area contributed by atoms with Gasteiger partial charge < -0.3 is 15.2 Å². The smallest absolute Gasteiger partial charge is 0.0779 e. The third kappa shape index (κ3) is 3.56. The zero-order valence-corrected chi connectivity index (χ0v) is 9.60. The molecule has 0 saturated carbocycles. The van der Waals surface area contributed by atoms with Gasteiger partial charge in [-0.15, -0.1) is 0 Å². The molecule has 0 aliphatic carbocycles. The molecule has 0 bridgehead atoms. The molecule has 14 heavy (non-hydrogen) atoms. The van der Waals surface area contributed by atoms with E-state index in [1.807, 2.05) is 13.8 Å². The highest BCUT2D eigenvalue weighted by atomic mass is 16.5. The maximum absolute atomic E-state index is 9.78. The molecule has 2 atom stereocenters. The highest BCUT2D eigenvalue weighted by Gasteiger charge is 2.30. The lowest BCUT2D eigenvalue weighted by Gasteiger charge is -2.27. The number of nitrogens with one attached hydrogen (secondary N) is 1. The predicted octanol–water partition coefficient (Wildman–Crippen LogP) is 1.31. The second-order valence-electron chi connectivity index (χ2n) is 4.86. The minimum atomic E-state index is -0.588. The fraction of sp³-hybridized carbons (Fsp3) is 1.00. The van der Waals surface area contributed by atoms with Gasteiger partial charge in [-0.05, 0) is 33.1 Å². The average molecular weight is 201 g/mol. The Labute approximate surface area is 86.8 Å². The largest absolute Gasteiger partial charge is 0.389 e. The molecule has 84 valence electrons. The van der Waals surface area contributed by atoms with Crippen molar-refractivity contribution in [3.63, 3.8) is 0 Å². The normalized spacial score (nSPS) is 31.7. The van der Waals surface area contributed by atoms with Crippen molar-refractivity contribution in [3.8, 4) is 0 Å². The minimum absolute atomic E-state index is 0.0101. The summed E-state index contributed by atoms with van der Waals surface area (Å²) in [5.41, 5.74) is -0.598. The molecule has 0 spiro atoms. The highest BCUT2D eigenvalue weighted by molar-refractivity contribution is 4.84. The molecule has 0 radical (unpaired) electrons. The summed E-state index contributed by atoms with van der Waals surface area (Å²) in [6, 6.07) is 0. The topological polar surface area (TPSA) is 41.5 Å². The van der Waals surface area contributed by atoms with Crippen LogP contribution in [0.2, 0.25) is 0 Å². The van der Waals surface area contributed by atoms with Crippen molar-refractivity contribution >= 4 is 0 Å². The summed E-state index contributed by atoms with van der Waals surface area (Å²) in [5.74, 6) is 0. The van der Waals surface area contributed by atoms with Gasteiger partial charge in [0, 0.05) is 19.7 Å². The zero-order valence-electron chi connectivity index (χ0n) is 9.60. The van der Waals surface area contributed by atoms with Crippen molar-refractivity contribution in [2.75, 3.05) is 19.7 Å². The molecular weight excluding hydrogens is 178 g/mol. The Kier molecular flexibility index (Phi) is 3.93. The first-order valence-corrected chi connectivity index (χ1v) is 5.54. The molecule has 1 heterocycles. The van der Waals surface area contributed by atoms with Gasteiger partial charge in [0.2, 0.25) is 0 Å². The first kappa shape index (κ1) is 12.0. The summed E-state index contributed by atoms with van der Waals surface area (Å²) in [6.45, 7) is 8.34. The maximum atomic E-state index is 9.78. The summed E-state index contributed by atoms with van der Waals surface area (Å²) in [4.78, 5) is 0. The second-order valence-corrected chi connectivity index (χ2v) is 4.86. The Morgan fingerprint density at radius 2 is 2.29 bits per heavy atom. The van der Waals surface area contributed by atoms with Gasteiger partial charge in [-0.3, -0.25) is 0 Å². The van der Waals surface area contributed by atoms with Crippen LogP contribution in [0.15, 0.2) is 0 Å². The van der Waals surface area contributed by atoms with Crippen LogP contribution in [0.1, 0.15) is 40.0 Å². The van der Waals surface area contributed by atoms with E-state index in [0.717, 1.165) is 32.4 Å². The lowest BCUT2D eigenvalue weighted by Crippen LogP contribution is -2.44. The molecule has 2 unspecified atom stereocenters. The Hall–Kier alpha value is -0.120. The molecule has 0 amide bonds. The predicted molar refractivity (Wildman–Crippen MR) is 57.4 cm³/mol. The van der Waals surface area contributed by atoms with Crippen molar-refractivity contribution in [2.45, 2.75) is 51.2 Å². The number of hydrogen-bond acceptors (Lipinski definition) is 3. The van der Waals surface area contributed by atoms with Crippen molar-refractivity contribution in [1.29, 1.82) is 0 Å². The molecule has 3 heteroatoms. The average Bonchev–Trinajstić information content (AvgIpc) is 2.52. The van der Waals surface area contributed by atoms with Crippen LogP contribution in [0.25, 0.3) is 0 Å². The molecule has 1 saturated heterocycles. The van der Waals surface area contributed by atoms with E-state index in [2.05, 4.69) is 12.2 Å². The van der Waals surface area contributed by atoms with Crippen LogP contribution in [0.3, 0.4) is 0 Å². The first-order valence-electron chi connectivity index (χ1n) is 5.54. The third-order valence-corrected chi connectivity index (χ3v) is 3.07. The van der Waals surface area contributed by atoms with Crippen LogP contribution >= 0.6 is 0 Å². The lowest BCUT2D eigenvalue weighted by molar-refractivity contribution is 0.00963. The van der Waals surface area contributed by atoms with Crippen molar-refractivity contribution < 1.29 is 9.84 Å². The van der Waals surface area contributed by atoms with Crippen LogP contribution < -0.4 is 5.32 Å². The van der Waals surface area contributed by atoms with Crippen LogP contribution in [-0.4, -0.2) is 36.0 Å². The van der Waals surface area contributed by atoms with E-state index in [0.29, 0.717) is 6.54 Å². The Bertz CT molecular complexity index is 174. The van der Waals surface area contributed by atoms with Gasteiger partial charge in [0.05, 0.1) is 11.2 Å². The molecule has 1 aliphatic rings. The summed E-state index contributed by atoms with van der Waals surface area (Å²) >= 11 is 0. The SMILES string of the molecule is CCC(C)(O)CNCC1(C)CCCO1. The molecule has 3 nitrogen and oxygen atoms in total. The van der Waals surface area contributed by atoms with E-state index in [9.17, 15) is 5.11 Å². The summed E-state index contributed by atoms with van der Waals surface area (Å²) in [6.07, 6.45) is 3.05. The standard InChI is InChI=1S/C11H23NO2/c1-4-10(2,13)8-12-9-11(3)6-5-7-14-11/h12-13H,4-9H2,1-3H3. The van der Waals surface area contributed by atoms with Gasteiger partial charge in [0.15, 0.2) is 0 Å². The number of rotatable bonds is 5. The van der Waals surface area contributed by atoms with Crippen LogP contribution in [0.5, 0.6) is 0 Å². The van der Waals surface area contributed by atoms with E-state index >= 15 is 0 Å². The summed E-state index contributed by atoms with van der Waals surface area (Å²) in [7, 11) is 0. The molecule has 1 fully saturated rings. The Morgan fingerprint density at radius 1 is 1.57 bits per heavy atom. The van der Waals surface area contributed by atoms with Gasteiger partial charge in [-0.25, -0.2) is 0 Å². The van der Waals surface area contributed by atoms with E-state index in [4.69, 9.17) is 4.74 Å². The minimum Gasteiger partial charge on any atom is -0.389 e. The fourth-order valence-electron chi connectivity index (χ4n) is 1.70. The van der Waals surface area contributed by atoms with E-state index < -0.39 is 5.60 Å². The Morgan fingerprint density at radius 3 is 2.79 bits per heavy atom. The van der Waals surface area contributed by atoms with Crippen LogP contribution in [0.4, 0.5) is 0 Å². The van der Waals surface area contributed by atoms with Gasteiger partial charge in [-0.1, -0.05) is 6.92 Å². The first-order chi connectivity index (χ1) is 6.47. The van der Waals surface area contributed by atoms with Gasteiger partial charge >= 0.3 is 0 Å². The van der Waals surface area contributed by atoms with Gasteiger partial charge in [0.1, 0.15) is 0 Å². The molecule has 0 aromatic heterocycles. The molecule has 1 aliphatic heterocycles. The fourth-order valence-corrected chi connectivity index (χ4v) is 1.70. The lowest BCUT2D eigenvalue weighted by atomic mass is 10.0. The number of hydrogen-bond donors (Lipinski definition) is 2. The highest BCUT2D eigenvalue weighted by Crippen LogP contribution is 2.24. The van der Waals surface area contributed by atoms with Gasteiger partial charge in [-0.2, -0.15) is 0 Å². The summed E-state index contributed by atoms with van der Waals surface area (Å²) in [5, 5.41) is 13.1. The Balaban J connectivity index is 2.20.